The second-order valence-electron chi connectivity index (χ2n) is 3.56. The first-order valence-corrected chi connectivity index (χ1v) is 5.22. The highest BCUT2D eigenvalue weighted by molar-refractivity contribution is 5.67. The summed E-state index contributed by atoms with van der Waals surface area (Å²) in [4.78, 5) is 4.22. The van der Waals surface area contributed by atoms with Gasteiger partial charge in [-0.1, -0.05) is 25.1 Å². The van der Waals surface area contributed by atoms with E-state index in [0.717, 1.165) is 17.7 Å². The minimum atomic E-state index is -0.233. The lowest BCUT2D eigenvalue weighted by Gasteiger charge is -2.08. The molecule has 0 spiro atoms. The second-order valence-corrected chi connectivity index (χ2v) is 3.56. The second kappa shape index (κ2) is 4.31. The SMILES string of the molecule is CCc1nc(N)ccc1-c1ccccc1F. The van der Waals surface area contributed by atoms with Crippen molar-refractivity contribution in [1.82, 2.24) is 4.98 Å². The van der Waals surface area contributed by atoms with Crippen molar-refractivity contribution < 1.29 is 4.39 Å². The molecule has 0 saturated heterocycles. The van der Waals surface area contributed by atoms with Crippen LogP contribution in [0.1, 0.15) is 12.6 Å². The Kier molecular flexibility index (Phi) is 2.86. The molecule has 82 valence electrons. The average Bonchev–Trinajstić information content (AvgIpc) is 2.30. The molecular weight excluding hydrogens is 203 g/mol. The number of rotatable bonds is 2. The molecular formula is C13H13FN2. The van der Waals surface area contributed by atoms with Crippen LogP contribution in [-0.4, -0.2) is 4.98 Å². The third-order valence-electron chi connectivity index (χ3n) is 2.49. The molecule has 2 rings (SSSR count). The molecule has 0 aliphatic rings. The van der Waals surface area contributed by atoms with Gasteiger partial charge in [-0.25, -0.2) is 9.37 Å². The van der Waals surface area contributed by atoms with Crippen LogP contribution in [0, 0.1) is 5.82 Å². The Balaban J connectivity index is 2.60. The smallest absolute Gasteiger partial charge is 0.131 e. The molecule has 0 atom stereocenters. The molecule has 0 amide bonds. The largest absolute Gasteiger partial charge is 0.384 e. The number of nitrogens with two attached hydrogens (primary N) is 1. The molecule has 0 saturated carbocycles. The third-order valence-corrected chi connectivity index (χ3v) is 2.49. The van der Waals surface area contributed by atoms with Crippen molar-refractivity contribution in [2.75, 3.05) is 5.73 Å². The van der Waals surface area contributed by atoms with Crippen LogP contribution < -0.4 is 5.73 Å². The first-order valence-electron chi connectivity index (χ1n) is 5.22. The van der Waals surface area contributed by atoms with E-state index in [1.54, 1.807) is 18.2 Å². The summed E-state index contributed by atoms with van der Waals surface area (Å²) < 4.78 is 13.6. The molecule has 0 fully saturated rings. The maximum atomic E-state index is 13.6. The van der Waals surface area contributed by atoms with Gasteiger partial charge in [-0.2, -0.15) is 0 Å². The van der Waals surface area contributed by atoms with Crippen molar-refractivity contribution in [2.24, 2.45) is 0 Å². The van der Waals surface area contributed by atoms with Gasteiger partial charge in [-0.05, 0) is 24.6 Å². The van der Waals surface area contributed by atoms with Gasteiger partial charge < -0.3 is 5.73 Å². The van der Waals surface area contributed by atoms with Crippen LogP contribution in [0.3, 0.4) is 0 Å². The summed E-state index contributed by atoms with van der Waals surface area (Å²) in [6.07, 6.45) is 0.731. The van der Waals surface area contributed by atoms with Gasteiger partial charge in [0.2, 0.25) is 0 Å². The molecule has 0 bridgehead atoms. The first kappa shape index (κ1) is 10.6. The van der Waals surface area contributed by atoms with Crippen molar-refractivity contribution in [2.45, 2.75) is 13.3 Å². The fourth-order valence-corrected chi connectivity index (χ4v) is 1.71. The van der Waals surface area contributed by atoms with Gasteiger partial charge in [0.15, 0.2) is 0 Å². The predicted molar refractivity (Wildman–Crippen MR) is 63.4 cm³/mol. The van der Waals surface area contributed by atoms with E-state index in [9.17, 15) is 4.39 Å². The van der Waals surface area contributed by atoms with Crippen LogP contribution >= 0.6 is 0 Å². The van der Waals surface area contributed by atoms with Crippen molar-refractivity contribution in [3.8, 4) is 11.1 Å². The van der Waals surface area contributed by atoms with Gasteiger partial charge in [0.25, 0.3) is 0 Å². The Bertz CT molecular complexity index is 509. The summed E-state index contributed by atoms with van der Waals surface area (Å²) >= 11 is 0. The third kappa shape index (κ3) is 1.89. The van der Waals surface area contributed by atoms with Gasteiger partial charge in [-0.15, -0.1) is 0 Å². The molecule has 16 heavy (non-hydrogen) atoms. The molecule has 0 aliphatic heterocycles. The van der Waals surface area contributed by atoms with Gasteiger partial charge >= 0.3 is 0 Å². The Labute approximate surface area is 93.9 Å². The predicted octanol–water partition coefficient (Wildman–Crippen LogP) is 3.03. The number of halogens is 1. The zero-order chi connectivity index (χ0) is 11.5. The van der Waals surface area contributed by atoms with E-state index < -0.39 is 0 Å². The average molecular weight is 216 g/mol. The van der Waals surface area contributed by atoms with E-state index in [1.165, 1.54) is 6.07 Å². The van der Waals surface area contributed by atoms with Crippen molar-refractivity contribution in [1.29, 1.82) is 0 Å². The monoisotopic (exact) mass is 216 g/mol. The standard InChI is InChI=1S/C13H13FN2/c1-2-12-10(7-8-13(15)16-12)9-5-3-4-6-11(9)14/h3-8H,2H2,1H3,(H2,15,16). The number of aromatic nitrogens is 1. The highest BCUT2D eigenvalue weighted by Gasteiger charge is 2.09. The van der Waals surface area contributed by atoms with Crippen LogP contribution in [0.25, 0.3) is 11.1 Å². The molecule has 2 aromatic rings. The fraction of sp³-hybridized carbons (Fsp3) is 0.154. The van der Waals surface area contributed by atoms with Gasteiger partial charge in [0.1, 0.15) is 11.6 Å². The maximum absolute atomic E-state index is 13.6. The molecule has 1 aromatic carbocycles. The highest BCUT2D eigenvalue weighted by atomic mass is 19.1. The number of nitrogen functional groups attached to an aromatic ring is 1. The van der Waals surface area contributed by atoms with E-state index in [1.807, 2.05) is 19.1 Å². The molecule has 0 radical (unpaired) electrons. The van der Waals surface area contributed by atoms with Crippen LogP contribution in [-0.2, 0) is 6.42 Å². The Morgan fingerprint density at radius 2 is 1.88 bits per heavy atom. The molecule has 2 nitrogen and oxygen atoms in total. The van der Waals surface area contributed by atoms with E-state index in [0.29, 0.717) is 11.4 Å². The molecule has 0 aliphatic carbocycles. The molecule has 1 heterocycles. The van der Waals surface area contributed by atoms with E-state index in [-0.39, 0.29) is 5.82 Å². The highest BCUT2D eigenvalue weighted by Crippen LogP contribution is 2.26. The van der Waals surface area contributed by atoms with E-state index >= 15 is 0 Å². The Morgan fingerprint density at radius 1 is 1.12 bits per heavy atom. The molecule has 0 unspecified atom stereocenters. The Morgan fingerprint density at radius 3 is 2.56 bits per heavy atom. The normalized spacial score (nSPS) is 10.4. The first-order chi connectivity index (χ1) is 7.72. The summed E-state index contributed by atoms with van der Waals surface area (Å²) in [6.45, 7) is 1.98. The zero-order valence-electron chi connectivity index (χ0n) is 9.07. The minimum absolute atomic E-state index is 0.233. The van der Waals surface area contributed by atoms with E-state index in [2.05, 4.69) is 4.98 Å². The van der Waals surface area contributed by atoms with Crippen molar-refractivity contribution >= 4 is 5.82 Å². The lowest BCUT2D eigenvalue weighted by atomic mass is 10.0. The number of pyridine rings is 1. The number of nitrogens with zero attached hydrogens (tertiary/aromatic N) is 1. The summed E-state index contributed by atoms with van der Waals surface area (Å²) in [5.41, 5.74) is 7.83. The fourth-order valence-electron chi connectivity index (χ4n) is 1.71. The quantitative estimate of drug-likeness (QED) is 0.838. The topological polar surface area (TPSA) is 38.9 Å². The lowest BCUT2D eigenvalue weighted by molar-refractivity contribution is 0.631. The Hall–Kier alpha value is -1.90. The molecule has 2 N–H and O–H groups in total. The van der Waals surface area contributed by atoms with Crippen LogP contribution in [0.5, 0.6) is 0 Å². The van der Waals surface area contributed by atoms with Gasteiger partial charge in [0.05, 0.1) is 5.69 Å². The van der Waals surface area contributed by atoms with Gasteiger partial charge in [0, 0.05) is 11.1 Å². The number of benzene rings is 1. The van der Waals surface area contributed by atoms with Crippen LogP contribution in [0.4, 0.5) is 10.2 Å². The molecule has 3 heteroatoms. The maximum Gasteiger partial charge on any atom is 0.131 e. The number of hydrogen-bond acceptors (Lipinski definition) is 2. The zero-order valence-corrected chi connectivity index (χ0v) is 9.07. The van der Waals surface area contributed by atoms with E-state index in [4.69, 9.17) is 5.73 Å². The minimum Gasteiger partial charge on any atom is -0.384 e. The van der Waals surface area contributed by atoms with Crippen molar-refractivity contribution in [3.05, 3.63) is 47.9 Å². The summed E-state index contributed by atoms with van der Waals surface area (Å²) in [6, 6.07) is 10.2. The molecule has 1 aromatic heterocycles. The van der Waals surface area contributed by atoms with Crippen molar-refractivity contribution in [3.63, 3.8) is 0 Å². The summed E-state index contributed by atoms with van der Waals surface area (Å²) in [7, 11) is 0. The van der Waals surface area contributed by atoms with Crippen LogP contribution in [0.15, 0.2) is 36.4 Å². The number of anilines is 1. The summed E-state index contributed by atoms with van der Waals surface area (Å²) in [5.74, 6) is 0.237. The summed E-state index contributed by atoms with van der Waals surface area (Å²) in [5, 5.41) is 0. The number of hydrogen-bond donors (Lipinski definition) is 1. The van der Waals surface area contributed by atoms with Crippen LogP contribution in [0.2, 0.25) is 0 Å². The van der Waals surface area contributed by atoms with Gasteiger partial charge in [-0.3, -0.25) is 0 Å². The number of aryl methyl sites for hydroxylation is 1. The lowest BCUT2D eigenvalue weighted by Crippen LogP contribution is -1.98.